The van der Waals surface area contributed by atoms with Gasteiger partial charge >= 0.3 is 0 Å². The van der Waals surface area contributed by atoms with Crippen molar-refractivity contribution in [3.63, 3.8) is 0 Å². The van der Waals surface area contributed by atoms with Gasteiger partial charge in [0.25, 0.3) is 0 Å². The van der Waals surface area contributed by atoms with Gasteiger partial charge in [-0.3, -0.25) is 4.79 Å². The Labute approximate surface area is 135 Å². The quantitative estimate of drug-likeness (QED) is 0.722. The second-order valence-corrected chi connectivity index (χ2v) is 4.96. The normalized spacial score (nSPS) is 10.6. The first kappa shape index (κ1) is 15.5. The van der Waals surface area contributed by atoms with E-state index in [4.69, 9.17) is 5.73 Å². The number of hydrogen-bond donors (Lipinski definition) is 2. The summed E-state index contributed by atoms with van der Waals surface area (Å²) in [5, 5.41) is 9.98. The topological polar surface area (TPSA) is 89.1 Å². The van der Waals surface area contributed by atoms with Crippen molar-refractivity contribution in [3.05, 3.63) is 71.4 Å². The van der Waals surface area contributed by atoms with Crippen LogP contribution in [0, 0.1) is 11.6 Å². The van der Waals surface area contributed by atoms with Crippen LogP contribution in [0.2, 0.25) is 0 Å². The molecular formula is C17H11F2N3O2. The molecular weight excluding hydrogens is 316 g/mol. The van der Waals surface area contributed by atoms with Crippen LogP contribution in [0.25, 0.3) is 11.3 Å². The summed E-state index contributed by atoms with van der Waals surface area (Å²) in [6.07, 6.45) is 1.39. The number of carbonyl (C=O) groups excluding carboxylic acids is 1. The molecule has 1 aromatic heterocycles. The highest BCUT2D eigenvalue weighted by molar-refractivity contribution is 6.10. The summed E-state index contributed by atoms with van der Waals surface area (Å²) in [6.45, 7) is 0. The van der Waals surface area contributed by atoms with Crippen molar-refractivity contribution in [2.24, 2.45) is 0 Å². The molecule has 1 heterocycles. The van der Waals surface area contributed by atoms with Crippen molar-refractivity contribution >= 4 is 11.7 Å². The molecule has 7 heteroatoms. The Hall–Kier alpha value is -3.35. The first-order chi connectivity index (χ1) is 11.5. The number of aromatic nitrogens is 2. The predicted molar refractivity (Wildman–Crippen MR) is 83.3 cm³/mol. The highest BCUT2D eigenvalue weighted by Crippen LogP contribution is 2.30. The minimum Gasteiger partial charge on any atom is -0.507 e. The van der Waals surface area contributed by atoms with Crippen LogP contribution in [0.4, 0.5) is 14.7 Å². The number of nitrogens with two attached hydrogens (primary N) is 1. The Bertz CT molecular complexity index is 925. The van der Waals surface area contributed by atoms with E-state index in [9.17, 15) is 18.7 Å². The van der Waals surface area contributed by atoms with Crippen LogP contribution in [0.1, 0.15) is 15.9 Å². The molecule has 24 heavy (non-hydrogen) atoms. The number of anilines is 1. The van der Waals surface area contributed by atoms with Crippen LogP contribution < -0.4 is 5.73 Å². The summed E-state index contributed by atoms with van der Waals surface area (Å²) < 4.78 is 27.6. The summed E-state index contributed by atoms with van der Waals surface area (Å²) in [6, 6.07) is 8.49. The van der Waals surface area contributed by atoms with Gasteiger partial charge in [-0.05, 0) is 36.4 Å². The predicted octanol–water partition coefficient (Wildman–Crippen LogP) is 2.94. The summed E-state index contributed by atoms with van der Waals surface area (Å²) >= 11 is 0. The second kappa shape index (κ2) is 6.04. The fourth-order valence-corrected chi connectivity index (χ4v) is 2.27. The Kier molecular flexibility index (Phi) is 3.91. The summed E-state index contributed by atoms with van der Waals surface area (Å²) in [5.74, 6) is -2.92. The van der Waals surface area contributed by atoms with Crippen molar-refractivity contribution in [2.45, 2.75) is 0 Å². The molecule has 0 aliphatic rings. The lowest BCUT2D eigenvalue weighted by atomic mass is 9.99. The summed E-state index contributed by atoms with van der Waals surface area (Å²) in [7, 11) is 0. The Morgan fingerprint density at radius 1 is 1.08 bits per heavy atom. The maximum Gasteiger partial charge on any atom is 0.220 e. The number of rotatable bonds is 3. The van der Waals surface area contributed by atoms with Gasteiger partial charge in [-0.15, -0.1) is 0 Å². The lowest BCUT2D eigenvalue weighted by Crippen LogP contribution is -2.07. The molecule has 0 saturated carbocycles. The molecule has 0 spiro atoms. The number of aromatic hydroxyl groups is 1. The van der Waals surface area contributed by atoms with E-state index in [0.29, 0.717) is 0 Å². The van der Waals surface area contributed by atoms with Crippen molar-refractivity contribution in [3.8, 4) is 17.0 Å². The molecule has 3 aromatic rings. The van der Waals surface area contributed by atoms with Gasteiger partial charge in [-0.2, -0.15) is 0 Å². The number of ketones is 1. The Morgan fingerprint density at radius 3 is 2.46 bits per heavy atom. The number of phenolic OH excluding ortho intramolecular Hbond substituents is 1. The maximum atomic E-state index is 13.8. The minimum atomic E-state index is -0.957. The molecule has 0 atom stereocenters. The summed E-state index contributed by atoms with van der Waals surface area (Å²) in [4.78, 5) is 20.1. The maximum absolute atomic E-state index is 13.8. The number of hydrogen-bond acceptors (Lipinski definition) is 5. The first-order valence-electron chi connectivity index (χ1n) is 6.88. The van der Waals surface area contributed by atoms with Gasteiger partial charge in [0.1, 0.15) is 17.4 Å². The van der Waals surface area contributed by atoms with E-state index in [-0.39, 0.29) is 28.5 Å². The van der Waals surface area contributed by atoms with Crippen LogP contribution in [0.15, 0.2) is 48.7 Å². The molecule has 0 aliphatic carbocycles. The molecule has 120 valence electrons. The van der Waals surface area contributed by atoms with Crippen molar-refractivity contribution < 1.29 is 18.7 Å². The zero-order valence-electron chi connectivity index (χ0n) is 12.2. The molecule has 0 fully saturated rings. The van der Waals surface area contributed by atoms with E-state index < -0.39 is 23.0 Å². The smallest absolute Gasteiger partial charge is 0.220 e. The van der Waals surface area contributed by atoms with Gasteiger partial charge in [0.05, 0.1) is 11.3 Å². The highest BCUT2D eigenvalue weighted by atomic mass is 19.1. The van der Waals surface area contributed by atoms with E-state index >= 15 is 0 Å². The fraction of sp³-hybridized carbons (Fsp3) is 0. The summed E-state index contributed by atoms with van der Waals surface area (Å²) in [5.41, 5.74) is 5.33. The number of phenols is 1. The number of benzene rings is 2. The van der Waals surface area contributed by atoms with Gasteiger partial charge < -0.3 is 10.8 Å². The molecule has 5 nitrogen and oxygen atoms in total. The minimum absolute atomic E-state index is 0.00369. The van der Waals surface area contributed by atoms with Crippen LogP contribution >= 0.6 is 0 Å². The second-order valence-electron chi connectivity index (χ2n) is 4.96. The first-order valence-corrected chi connectivity index (χ1v) is 6.88. The van der Waals surface area contributed by atoms with E-state index in [1.165, 1.54) is 36.5 Å². The van der Waals surface area contributed by atoms with Crippen LogP contribution in [0.5, 0.6) is 5.75 Å². The molecule has 0 amide bonds. The van der Waals surface area contributed by atoms with Crippen LogP contribution in [-0.4, -0.2) is 20.9 Å². The van der Waals surface area contributed by atoms with Gasteiger partial charge in [0, 0.05) is 17.3 Å². The molecule has 0 aliphatic heterocycles. The monoisotopic (exact) mass is 327 g/mol. The molecule has 0 bridgehead atoms. The van der Waals surface area contributed by atoms with Gasteiger partial charge in [0.2, 0.25) is 5.95 Å². The third-order valence-corrected chi connectivity index (χ3v) is 3.40. The van der Waals surface area contributed by atoms with Crippen LogP contribution in [-0.2, 0) is 0 Å². The largest absolute Gasteiger partial charge is 0.507 e. The van der Waals surface area contributed by atoms with E-state index in [2.05, 4.69) is 9.97 Å². The third-order valence-electron chi connectivity index (χ3n) is 3.40. The highest BCUT2D eigenvalue weighted by Gasteiger charge is 2.20. The van der Waals surface area contributed by atoms with E-state index in [0.717, 1.165) is 12.1 Å². The van der Waals surface area contributed by atoms with Gasteiger partial charge in [-0.25, -0.2) is 18.7 Å². The standard InChI is InChI=1S/C17H11F2N3O2/c18-11-2-1-3-12(19)15(11)16(24)9-4-5-14(23)10(8-9)13-6-7-21-17(20)22-13/h1-8,23H,(H2,20,21,22). The Morgan fingerprint density at radius 2 is 1.79 bits per heavy atom. The Balaban J connectivity index is 2.11. The lowest BCUT2D eigenvalue weighted by Gasteiger charge is -2.08. The SMILES string of the molecule is Nc1nccc(-c2cc(C(=O)c3c(F)cccc3F)ccc2O)n1. The van der Waals surface area contributed by atoms with Gasteiger partial charge in [0.15, 0.2) is 5.78 Å². The van der Waals surface area contributed by atoms with E-state index in [1.54, 1.807) is 0 Å². The average molecular weight is 327 g/mol. The molecule has 0 saturated heterocycles. The van der Waals surface area contributed by atoms with Crippen molar-refractivity contribution in [1.29, 1.82) is 0 Å². The molecule has 2 aromatic carbocycles. The average Bonchev–Trinajstić information content (AvgIpc) is 2.55. The zero-order chi connectivity index (χ0) is 17.3. The number of carbonyl (C=O) groups is 1. The third kappa shape index (κ3) is 2.79. The number of halogens is 2. The number of nitrogen functional groups attached to an aromatic ring is 1. The number of nitrogens with zero attached hydrogens (tertiary/aromatic N) is 2. The van der Waals surface area contributed by atoms with Gasteiger partial charge in [-0.1, -0.05) is 6.07 Å². The van der Waals surface area contributed by atoms with Crippen molar-refractivity contribution in [2.75, 3.05) is 5.73 Å². The van der Waals surface area contributed by atoms with Crippen molar-refractivity contribution in [1.82, 2.24) is 9.97 Å². The zero-order valence-corrected chi connectivity index (χ0v) is 12.2. The molecule has 0 unspecified atom stereocenters. The lowest BCUT2D eigenvalue weighted by molar-refractivity contribution is 0.103. The molecule has 3 rings (SSSR count). The molecule has 3 N–H and O–H groups in total. The van der Waals surface area contributed by atoms with E-state index in [1.807, 2.05) is 0 Å². The fourth-order valence-electron chi connectivity index (χ4n) is 2.27. The molecule has 0 radical (unpaired) electrons. The van der Waals surface area contributed by atoms with Crippen LogP contribution in [0.3, 0.4) is 0 Å².